The van der Waals surface area contributed by atoms with Gasteiger partial charge in [0.25, 0.3) is 0 Å². The van der Waals surface area contributed by atoms with Gasteiger partial charge < -0.3 is 25.4 Å². The lowest BCUT2D eigenvalue weighted by atomic mass is 9.91. The molecule has 0 radical (unpaired) electrons. The third kappa shape index (κ3) is 8.31. The Labute approximate surface area is 204 Å². The molecule has 0 aliphatic carbocycles. The standard InChI is InChI=1S/C26H43N3O5/c1-11-26(9,10)29(23(32)20(15-30)28-24(33)34-25(6,7)8)21(22(31)27-16(2)3)19-13-17(4)12-18(5)14-19/h12-14,16,20-21,30H,11,15H2,1-10H3,(H,27,31)(H,28,33). The molecule has 0 fully saturated rings. The van der Waals surface area contributed by atoms with Crippen LogP contribution in [0.2, 0.25) is 0 Å². The molecule has 0 aliphatic rings. The predicted molar refractivity (Wildman–Crippen MR) is 133 cm³/mol. The Morgan fingerprint density at radius 3 is 1.94 bits per heavy atom. The molecule has 34 heavy (non-hydrogen) atoms. The lowest BCUT2D eigenvalue weighted by Gasteiger charge is -2.44. The fraction of sp³-hybridized carbons (Fsp3) is 0.654. The largest absolute Gasteiger partial charge is 0.444 e. The number of benzene rings is 1. The van der Waals surface area contributed by atoms with Crippen LogP contribution in [0, 0.1) is 13.8 Å². The second kappa shape index (κ2) is 11.7. The first-order valence-electron chi connectivity index (χ1n) is 11.8. The van der Waals surface area contributed by atoms with E-state index < -0.39 is 41.8 Å². The summed E-state index contributed by atoms with van der Waals surface area (Å²) in [5.74, 6) is -0.896. The SMILES string of the molecule is CCC(C)(C)N(C(=O)C(CO)NC(=O)OC(C)(C)C)C(C(=O)NC(C)C)c1cc(C)cc(C)c1. The quantitative estimate of drug-likeness (QED) is 0.502. The van der Waals surface area contributed by atoms with E-state index in [1.807, 2.05) is 66.7 Å². The van der Waals surface area contributed by atoms with E-state index >= 15 is 0 Å². The molecular weight excluding hydrogens is 434 g/mol. The van der Waals surface area contributed by atoms with E-state index in [4.69, 9.17) is 4.74 Å². The highest BCUT2D eigenvalue weighted by molar-refractivity contribution is 5.93. The van der Waals surface area contributed by atoms with E-state index in [0.717, 1.165) is 11.1 Å². The minimum Gasteiger partial charge on any atom is -0.444 e. The summed E-state index contributed by atoms with van der Waals surface area (Å²) in [4.78, 5) is 41.3. The molecule has 0 bridgehead atoms. The second-order valence-corrected chi connectivity index (χ2v) is 10.7. The fourth-order valence-electron chi connectivity index (χ4n) is 3.70. The van der Waals surface area contributed by atoms with Gasteiger partial charge in [-0.2, -0.15) is 0 Å². The Morgan fingerprint density at radius 1 is 1.00 bits per heavy atom. The number of aryl methyl sites for hydroxylation is 2. The van der Waals surface area contributed by atoms with Crippen LogP contribution in [0.25, 0.3) is 0 Å². The van der Waals surface area contributed by atoms with Crippen molar-refractivity contribution in [3.8, 4) is 0 Å². The minimum absolute atomic E-state index is 0.142. The summed E-state index contributed by atoms with van der Waals surface area (Å²) in [6, 6.07) is 3.39. The van der Waals surface area contributed by atoms with Gasteiger partial charge in [-0.1, -0.05) is 36.2 Å². The Morgan fingerprint density at radius 2 is 1.53 bits per heavy atom. The van der Waals surface area contributed by atoms with E-state index in [1.165, 1.54) is 4.90 Å². The van der Waals surface area contributed by atoms with Crippen molar-refractivity contribution in [1.29, 1.82) is 0 Å². The smallest absolute Gasteiger partial charge is 0.408 e. The number of ether oxygens (including phenoxy) is 1. The summed E-state index contributed by atoms with van der Waals surface area (Å²) in [6.07, 6.45) is -0.275. The molecule has 1 rings (SSSR count). The van der Waals surface area contributed by atoms with Gasteiger partial charge in [-0.15, -0.1) is 0 Å². The van der Waals surface area contributed by atoms with Gasteiger partial charge in [0.1, 0.15) is 17.7 Å². The maximum Gasteiger partial charge on any atom is 0.408 e. The number of rotatable bonds is 9. The third-order valence-electron chi connectivity index (χ3n) is 5.42. The molecule has 2 unspecified atom stereocenters. The van der Waals surface area contributed by atoms with Gasteiger partial charge >= 0.3 is 6.09 Å². The zero-order valence-corrected chi connectivity index (χ0v) is 22.4. The minimum atomic E-state index is -1.28. The summed E-state index contributed by atoms with van der Waals surface area (Å²) in [6.45, 7) is 17.7. The topological polar surface area (TPSA) is 108 Å². The zero-order valence-electron chi connectivity index (χ0n) is 22.4. The molecule has 192 valence electrons. The van der Waals surface area contributed by atoms with Gasteiger partial charge in [0.05, 0.1) is 6.61 Å². The van der Waals surface area contributed by atoms with Crippen LogP contribution in [0.4, 0.5) is 4.79 Å². The number of hydrogen-bond acceptors (Lipinski definition) is 5. The van der Waals surface area contributed by atoms with Crippen molar-refractivity contribution in [3.05, 3.63) is 34.9 Å². The summed E-state index contributed by atoms with van der Waals surface area (Å²) >= 11 is 0. The summed E-state index contributed by atoms with van der Waals surface area (Å²) in [5, 5.41) is 15.4. The van der Waals surface area contributed by atoms with Crippen LogP contribution in [0.5, 0.6) is 0 Å². The van der Waals surface area contributed by atoms with E-state index in [2.05, 4.69) is 10.6 Å². The zero-order chi connectivity index (χ0) is 26.4. The molecule has 0 aliphatic heterocycles. The first-order chi connectivity index (χ1) is 15.5. The average Bonchev–Trinajstić information content (AvgIpc) is 2.66. The van der Waals surface area contributed by atoms with Crippen LogP contribution < -0.4 is 10.6 Å². The van der Waals surface area contributed by atoms with Gasteiger partial charge in [-0.25, -0.2) is 4.79 Å². The highest BCUT2D eigenvalue weighted by atomic mass is 16.6. The van der Waals surface area contributed by atoms with Crippen molar-refractivity contribution < 1.29 is 24.2 Å². The molecule has 0 heterocycles. The first-order valence-corrected chi connectivity index (χ1v) is 11.8. The third-order valence-corrected chi connectivity index (χ3v) is 5.42. The molecule has 8 heteroatoms. The molecule has 0 saturated carbocycles. The number of alkyl carbamates (subject to hydrolysis) is 1. The maximum atomic E-state index is 13.9. The lowest BCUT2D eigenvalue weighted by molar-refractivity contribution is -0.150. The number of carbonyl (C=O) groups is 3. The Balaban J connectivity index is 3.60. The van der Waals surface area contributed by atoms with Crippen molar-refractivity contribution in [1.82, 2.24) is 15.5 Å². The van der Waals surface area contributed by atoms with Crippen LogP contribution in [0.1, 0.15) is 84.5 Å². The van der Waals surface area contributed by atoms with Gasteiger partial charge in [0.2, 0.25) is 11.8 Å². The normalized spacial score (nSPS) is 13.8. The van der Waals surface area contributed by atoms with Crippen LogP contribution in [-0.4, -0.2) is 57.7 Å². The molecule has 0 saturated heterocycles. The van der Waals surface area contributed by atoms with Crippen LogP contribution >= 0.6 is 0 Å². The molecular formula is C26H43N3O5. The summed E-state index contributed by atoms with van der Waals surface area (Å²) in [7, 11) is 0. The first kappa shape index (κ1) is 29.4. The Bertz CT molecular complexity index is 853. The lowest BCUT2D eigenvalue weighted by Crippen LogP contribution is -2.60. The molecule has 1 aromatic rings. The number of carbonyl (C=O) groups excluding carboxylic acids is 3. The molecule has 0 spiro atoms. The molecule has 3 amide bonds. The van der Waals surface area contributed by atoms with Gasteiger partial charge in [-0.05, 0) is 74.3 Å². The van der Waals surface area contributed by atoms with E-state index in [-0.39, 0.29) is 11.9 Å². The molecule has 0 aromatic heterocycles. The number of nitrogens with zero attached hydrogens (tertiary/aromatic N) is 1. The number of aliphatic hydroxyl groups is 1. The maximum absolute atomic E-state index is 13.9. The van der Waals surface area contributed by atoms with E-state index in [9.17, 15) is 19.5 Å². The van der Waals surface area contributed by atoms with Crippen LogP contribution in [0.15, 0.2) is 18.2 Å². The molecule has 8 nitrogen and oxygen atoms in total. The van der Waals surface area contributed by atoms with E-state index in [0.29, 0.717) is 12.0 Å². The number of amides is 3. The molecule has 3 N–H and O–H groups in total. The van der Waals surface area contributed by atoms with Gasteiger partial charge in [0, 0.05) is 11.6 Å². The number of hydrogen-bond donors (Lipinski definition) is 3. The number of nitrogens with one attached hydrogen (secondary N) is 2. The summed E-state index contributed by atoms with van der Waals surface area (Å²) in [5.41, 5.74) is 1.05. The highest BCUT2D eigenvalue weighted by Gasteiger charge is 2.43. The van der Waals surface area contributed by atoms with Crippen molar-refractivity contribution in [2.24, 2.45) is 0 Å². The highest BCUT2D eigenvalue weighted by Crippen LogP contribution is 2.33. The molecule has 2 atom stereocenters. The monoisotopic (exact) mass is 477 g/mol. The van der Waals surface area contributed by atoms with Crippen LogP contribution in [0.3, 0.4) is 0 Å². The van der Waals surface area contributed by atoms with Crippen molar-refractivity contribution in [2.75, 3.05) is 6.61 Å². The summed E-state index contributed by atoms with van der Waals surface area (Å²) < 4.78 is 5.28. The Kier molecular flexibility index (Phi) is 10.1. The Hall–Kier alpha value is -2.61. The fourth-order valence-corrected chi connectivity index (χ4v) is 3.70. The number of aliphatic hydroxyl groups excluding tert-OH is 1. The predicted octanol–water partition coefficient (Wildman–Crippen LogP) is 3.77. The van der Waals surface area contributed by atoms with Crippen molar-refractivity contribution >= 4 is 17.9 Å². The average molecular weight is 478 g/mol. The molecule has 1 aromatic carbocycles. The van der Waals surface area contributed by atoms with Gasteiger partial charge in [0.15, 0.2) is 0 Å². The van der Waals surface area contributed by atoms with Crippen molar-refractivity contribution in [2.45, 2.75) is 105 Å². The van der Waals surface area contributed by atoms with Crippen molar-refractivity contribution in [3.63, 3.8) is 0 Å². The van der Waals surface area contributed by atoms with Gasteiger partial charge in [-0.3, -0.25) is 9.59 Å². The van der Waals surface area contributed by atoms with E-state index in [1.54, 1.807) is 20.8 Å². The second-order valence-electron chi connectivity index (χ2n) is 10.7. The van der Waals surface area contributed by atoms with Crippen LogP contribution in [-0.2, 0) is 14.3 Å².